The summed E-state index contributed by atoms with van der Waals surface area (Å²) in [5.41, 5.74) is 1.41. The van der Waals surface area contributed by atoms with Crippen LogP contribution in [-0.2, 0) is 6.54 Å². The number of aromatic nitrogens is 2. The molecule has 1 fully saturated rings. The van der Waals surface area contributed by atoms with Crippen molar-refractivity contribution in [2.24, 2.45) is 0 Å². The number of nitrogens with zero attached hydrogens (tertiary/aromatic N) is 3. The van der Waals surface area contributed by atoms with E-state index in [1.165, 1.54) is 5.56 Å². The molecule has 0 amide bonds. The molecule has 1 aromatic carbocycles. The van der Waals surface area contributed by atoms with Crippen LogP contribution in [0.25, 0.3) is 0 Å². The highest BCUT2D eigenvalue weighted by Gasteiger charge is 2.24. The summed E-state index contributed by atoms with van der Waals surface area (Å²) in [6.45, 7) is 4.20. The van der Waals surface area contributed by atoms with Gasteiger partial charge in [0.1, 0.15) is 0 Å². The predicted molar refractivity (Wildman–Crippen MR) is 75.6 cm³/mol. The Balaban J connectivity index is 1.55. The second-order valence-corrected chi connectivity index (χ2v) is 5.01. The van der Waals surface area contributed by atoms with Gasteiger partial charge in [-0.25, -0.2) is 4.98 Å². The van der Waals surface area contributed by atoms with Crippen molar-refractivity contribution >= 4 is 0 Å². The van der Waals surface area contributed by atoms with E-state index < -0.39 is 0 Å². The highest BCUT2D eigenvalue weighted by molar-refractivity contribution is 5.20. The minimum Gasteiger partial charge on any atom is -0.337 e. The fraction of sp³-hybridized carbons (Fsp3) is 0.400. The third kappa shape index (κ3) is 3.03. The van der Waals surface area contributed by atoms with Crippen LogP contribution in [0.15, 0.2) is 49.1 Å². The number of aryl methyl sites for hydroxylation is 1. The van der Waals surface area contributed by atoms with Gasteiger partial charge < -0.3 is 9.88 Å². The highest BCUT2D eigenvalue weighted by Crippen LogP contribution is 2.23. The van der Waals surface area contributed by atoms with Gasteiger partial charge in [0.05, 0.1) is 6.33 Å². The third-order valence-electron chi connectivity index (χ3n) is 3.70. The minimum atomic E-state index is 0.518. The van der Waals surface area contributed by atoms with Gasteiger partial charge in [-0.2, -0.15) is 0 Å². The Morgan fingerprint density at radius 3 is 2.89 bits per heavy atom. The van der Waals surface area contributed by atoms with Crippen LogP contribution in [0.5, 0.6) is 0 Å². The predicted octanol–water partition coefficient (Wildman–Crippen LogP) is 1.88. The van der Waals surface area contributed by atoms with Crippen LogP contribution in [0.2, 0.25) is 0 Å². The topological polar surface area (TPSA) is 33.1 Å². The lowest BCUT2D eigenvalue weighted by molar-refractivity contribution is 0.252. The largest absolute Gasteiger partial charge is 0.337 e. The van der Waals surface area contributed by atoms with Gasteiger partial charge in [0.2, 0.25) is 0 Å². The normalized spacial score (nSPS) is 19.9. The summed E-state index contributed by atoms with van der Waals surface area (Å²) in [7, 11) is 0. The Morgan fingerprint density at radius 2 is 2.11 bits per heavy atom. The van der Waals surface area contributed by atoms with Crippen LogP contribution in [0.4, 0.5) is 0 Å². The first-order chi connectivity index (χ1) is 9.43. The molecule has 1 N–H and O–H groups in total. The Bertz CT molecular complexity index is 480. The minimum absolute atomic E-state index is 0.518. The van der Waals surface area contributed by atoms with Crippen molar-refractivity contribution < 1.29 is 0 Å². The standard InChI is InChI=1S/C15H20N4/c1-2-5-14(6-3-1)15-11-17-13-19(15)9-4-8-18-10-7-16-12-18/h1-3,5-7,10,12,15,17H,4,8-9,11,13H2. The summed E-state index contributed by atoms with van der Waals surface area (Å²) in [4.78, 5) is 6.59. The number of nitrogens with one attached hydrogen (secondary N) is 1. The zero-order valence-corrected chi connectivity index (χ0v) is 11.1. The Labute approximate surface area is 114 Å². The monoisotopic (exact) mass is 256 g/mol. The first-order valence-electron chi connectivity index (χ1n) is 6.89. The molecule has 1 atom stereocenters. The Morgan fingerprint density at radius 1 is 1.21 bits per heavy atom. The smallest absolute Gasteiger partial charge is 0.0945 e. The van der Waals surface area contributed by atoms with E-state index >= 15 is 0 Å². The van der Waals surface area contributed by atoms with E-state index in [2.05, 4.69) is 50.1 Å². The SMILES string of the molecule is c1ccc(C2CNCN2CCCn2ccnc2)cc1. The van der Waals surface area contributed by atoms with Crippen LogP contribution < -0.4 is 5.32 Å². The van der Waals surface area contributed by atoms with E-state index in [0.717, 1.165) is 32.7 Å². The average molecular weight is 256 g/mol. The van der Waals surface area contributed by atoms with Crippen molar-refractivity contribution in [3.05, 3.63) is 54.6 Å². The van der Waals surface area contributed by atoms with Crippen molar-refractivity contribution in [3.8, 4) is 0 Å². The zero-order chi connectivity index (χ0) is 12.9. The first-order valence-corrected chi connectivity index (χ1v) is 6.89. The van der Waals surface area contributed by atoms with Gasteiger partial charge in [-0.1, -0.05) is 30.3 Å². The van der Waals surface area contributed by atoms with Crippen LogP contribution in [-0.4, -0.2) is 34.2 Å². The maximum atomic E-state index is 4.07. The Kier molecular flexibility index (Phi) is 3.91. The Hall–Kier alpha value is -1.65. The highest BCUT2D eigenvalue weighted by atomic mass is 15.3. The second kappa shape index (κ2) is 5.99. The van der Waals surface area contributed by atoms with Gasteiger partial charge in [-0.3, -0.25) is 4.90 Å². The summed E-state index contributed by atoms with van der Waals surface area (Å²) in [5.74, 6) is 0. The van der Waals surface area contributed by atoms with Gasteiger partial charge in [0, 0.05) is 44.7 Å². The molecule has 0 aliphatic carbocycles. The molecule has 1 aliphatic heterocycles. The quantitative estimate of drug-likeness (QED) is 0.886. The van der Waals surface area contributed by atoms with E-state index in [9.17, 15) is 0 Å². The number of imidazole rings is 1. The molecular weight excluding hydrogens is 236 g/mol. The molecule has 1 aromatic heterocycles. The lowest BCUT2D eigenvalue weighted by atomic mass is 10.1. The van der Waals surface area contributed by atoms with E-state index in [0.29, 0.717) is 6.04 Å². The summed E-state index contributed by atoms with van der Waals surface area (Å²) >= 11 is 0. The maximum Gasteiger partial charge on any atom is 0.0945 e. The third-order valence-corrected chi connectivity index (χ3v) is 3.70. The molecule has 2 aromatic rings. The molecule has 3 rings (SSSR count). The van der Waals surface area contributed by atoms with Crippen molar-refractivity contribution in [1.82, 2.24) is 19.8 Å². The van der Waals surface area contributed by atoms with Crippen molar-refractivity contribution in [2.45, 2.75) is 19.0 Å². The summed E-state index contributed by atoms with van der Waals surface area (Å²) in [5, 5.41) is 3.47. The summed E-state index contributed by atoms with van der Waals surface area (Å²) < 4.78 is 2.14. The van der Waals surface area contributed by atoms with Crippen molar-refractivity contribution in [1.29, 1.82) is 0 Å². The number of benzene rings is 1. The molecule has 1 saturated heterocycles. The molecule has 4 heteroatoms. The van der Waals surface area contributed by atoms with Gasteiger partial charge in [-0.05, 0) is 12.0 Å². The van der Waals surface area contributed by atoms with Crippen LogP contribution >= 0.6 is 0 Å². The molecule has 0 saturated carbocycles. The van der Waals surface area contributed by atoms with Crippen molar-refractivity contribution in [2.75, 3.05) is 19.8 Å². The molecule has 0 spiro atoms. The first kappa shape index (κ1) is 12.4. The molecule has 1 unspecified atom stereocenters. The number of hydrogen-bond donors (Lipinski definition) is 1. The van der Waals surface area contributed by atoms with E-state index in [4.69, 9.17) is 0 Å². The van der Waals surface area contributed by atoms with Crippen LogP contribution in [0, 0.1) is 0 Å². The van der Waals surface area contributed by atoms with E-state index in [1.807, 2.05) is 18.7 Å². The molecule has 2 heterocycles. The average Bonchev–Trinajstić information content (AvgIpc) is 3.11. The molecule has 0 bridgehead atoms. The lowest BCUT2D eigenvalue weighted by Gasteiger charge is -2.23. The lowest BCUT2D eigenvalue weighted by Crippen LogP contribution is -2.26. The van der Waals surface area contributed by atoms with E-state index in [-0.39, 0.29) is 0 Å². The summed E-state index contributed by atoms with van der Waals surface area (Å²) in [6.07, 6.45) is 6.90. The molecule has 1 aliphatic rings. The van der Waals surface area contributed by atoms with Gasteiger partial charge in [0.15, 0.2) is 0 Å². The van der Waals surface area contributed by atoms with Crippen LogP contribution in [0.3, 0.4) is 0 Å². The fourth-order valence-corrected chi connectivity index (χ4v) is 2.70. The zero-order valence-electron chi connectivity index (χ0n) is 11.1. The van der Waals surface area contributed by atoms with Crippen LogP contribution in [0.1, 0.15) is 18.0 Å². The maximum absolute atomic E-state index is 4.07. The number of rotatable bonds is 5. The second-order valence-electron chi connectivity index (χ2n) is 5.01. The van der Waals surface area contributed by atoms with E-state index in [1.54, 1.807) is 0 Å². The molecular formula is C15H20N4. The molecule has 4 nitrogen and oxygen atoms in total. The van der Waals surface area contributed by atoms with Crippen molar-refractivity contribution in [3.63, 3.8) is 0 Å². The fourth-order valence-electron chi connectivity index (χ4n) is 2.70. The summed E-state index contributed by atoms with van der Waals surface area (Å²) in [6, 6.07) is 11.3. The van der Waals surface area contributed by atoms with Gasteiger partial charge in [0.25, 0.3) is 0 Å². The molecule has 0 radical (unpaired) electrons. The van der Waals surface area contributed by atoms with Gasteiger partial charge in [-0.15, -0.1) is 0 Å². The molecule has 19 heavy (non-hydrogen) atoms. The number of hydrogen-bond acceptors (Lipinski definition) is 3. The molecule has 100 valence electrons. The van der Waals surface area contributed by atoms with Gasteiger partial charge >= 0.3 is 0 Å².